The fourth-order valence-corrected chi connectivity index (χ4v) is 5.01. The van der Waals surface area contributed by atoms with Gasteiger partial charge in [-0.2, -0.15) is 0 Å². The molecule has 0 spiro atoms. The Labute approximate surface area is 253 Å². The molecule has 1 unspecified atom stereocenters. The summed E-state index contributed by atoms with van der Waals surface area (Å²) in [5, 5.41) is 6.78. The van der Waals surface area contributed by atoms with Crippen molar-refractivity contribution in [3.63, 3.8) is 0 Å². The van der Waals surface area contributed by atoms with Crippen LogP contribution in [0.5, 0.6) is 0 Å². The SMILES string of the molecule is CC.CCCCCCCC/C=C\CCCCCCCCNC(=O)C(CCCCCCCCC)NCCCN(C)C. The average Bonchev–Trinajstić information content (AvgIpc) is 2.96. The van der Waals surface area contributed by atoms with Gasteiger partial charge in [-0.3, -0.25) is 4.79 Å². The van der Waals surface area contributed by atoms with E-state index < -0.39 is 0 Å². The van der Waals surface area contributed by atoms with Crippen LogP contribution in [-0.4, -0.2) is 50.6 Å². The number of carbonyl (C=O) groups excluding carboxylic acids is 1. The summed E-state index contributed by atoms with van der Waals surface area (Å²) < 4.78 is 0. The van der Waals surface area contributed by atoms with E-state index in [1.807, 2.05) is 13.8 Å². The number of allylic oxidation sites excluding steroid dienone is 2. The molecule has 0 saturated carbocycles. The summed E-state index contributed by atoms with van der Waals surface area (Å²) in [6, 6.07) is -0.0260. The number of nitrogens with one attached hydrogen (secondary N) is 2. The van der Waals surface area contributed by atoms with Gasteiger partial charge >= 0.3 is 0 Å². The van der Waals surface area contributed by atoms with Gasteiger partial charge in [0, 0.05) is 6.54 Å². The maximum Gasteiger partial charge on any atom is 0.237 e. The highest BCUT2D eigenvalue weighted by molar-refractivity contribution is 5.81. The molecule has 1 atom stereocenters. The van der Waals surface area contributed by atoms with Crippen molar-refractivity contribution < 1.29 is 4.79 Å². The molecule has 240 valence electrons. The van der Waals surface area contributed by atoms with Crippen molar-refractivity contribution in [1.29, 1.82) is 0 Å². The van der Waals surface area contributed by atoms with Crippen LogP contribution in [0.25, 0.3) is 0 Å². The number of carbonyl (C=O) groups is 1. The Hall–Kier alpha value is -0.870. The molecule has 0 bridgehead atoms. The lowest BCUT2D eigenvalue weighted by Crippen LogP contribution is -2.45. The first-order chi connectivity index (χ1) is 19.6. The summed E-state index contributed by atoms with van der Waals surface area (Å²) in [5.41, 5.74) is 0. The van der Waals surface area contributed by atoms with Crippen molar-refractivity contribution in [3.8, 4) is 0 Å². The van der Waals surface area contributed by atoms with Gasteiger partial charge in [0.05, 0.1) is 6.04 Å². The third-order valence-electron chi connectivity index (χ3n) is 7.57. The van der Waals surface area contributed by atoms with E-state index in [-0.39, 0.29) is 11.9 Å². The van der Waals surface area contributed by atoms with Crippen LogP contribution in [0.3, 0.4) is 0 Å². The molecule has 0 rings (SSSR count). The molecule has 0 radical (unpaired) electrons. The van der Waals surface area contributed by atoms with E-state index in [4.69, 9.17) is 0 Å². The van der Waals surface area contributed by atoms with Gasteiger partial charge in [-0.1, -0.05) is 143 Å². The second-order valence-corrected chi connectivity index (χ2v) is 11.8. The Morgan fingerprint density at radius 2 is 1.05 bits per heavy atom. The van der Waals surface area contributed by atoms with Crippen molar-refractivity contribution in [2.75, 3.05) is 33.7 Å². The summed E-state index contributed by atoms with van der Waals surface area (Å²) in [6.45, 7) is 11.4. The number of hydrogen-bond donors (Lipinski definition) is 2. The Bertz CT molecular complexity index is 506. The van der Waals surface area contributed by atoms with Gasteiger partial charge in [0.1, 0.15) is 0 Å². The second-order valence-electron chi connectivity index (χ2n) is 11.8. The van der Waals surface area contributed by atoms with Crippen LogP contribution in [-0.2, 0) is 4.79 Å². The van der Waals surface area contributed by atoms with E-state index in [0.29, 0.717) is 0 Å². The predicted molar refractivity (Wildman–Crippen MR) is 181 cm³/mol. The van der Waals surface area contributed by atoms with E-state index in [0.717, 1.165) is 45.3 Å². The van der Waals surface area contributed by atoms with Crippen LogP contribution in [0.2, 0.25) is 0 Å². The lowest BCUT2D eigenvalue weighted by atomic mass is 10.0. The molecule has 0 aromatic heterocycles. The first-order valence-electron chi connectivity index (χ1n) is 17.9. The maximum atomic E-state index is 12.8. The van der Waals surface area contributed by atoms with Crippen LogP contribution in [0.15, 0.2) is 12.2 Å². The van der Waals surface area contributed by atoms with Crippen LogP contribution in [0.1, 0.15) is 175 Å². The van der Waals surface area contributed by atoms with Crippen molar-refractivity contribution >= 4 is 5.91 Å². The van der Waals surface area contributed by atoms with Gasteiger partial charge in [-0.15, -0.1) is 0 Å². The molecule has 40 heavy (non-hydrogen) atoms. The predicted octanol–water partition coefficient (Wildman–Crippen LogP) is 10.2. The number of rotatable bonds is 30. The Balaban J connectivity index is 0. The van der Waals surface area contributed by atoms with E-state index in [1.54, 1.807) is 0 Å². The zero-order valence-corrected chi connectivity index (χ0v) is 28.5. The van der Waals surface area contributed by atoms with Crippen LogP contribution in [0.4, 0.5) is 0 Å². The third kappa shape index (κ3) is 33.3. The van der Waals surface area contributed by atoms with Gasteiger partial charge in [-0.25, -0.2) is 0 Å². The summed E-state index contributed by atoms with van der Waals surface area (Å²) in [5.74, 6) is 0.216. The van der Waals surface area contributed by atoms with Crippen molar-refractivity contribution in [3.05, 3.63) is 12.2 Å². The molecule has 0 saturated heterocycles. The normalized spacial score (nSPS) is 12.1. The summed E-state index contributed by atoms with van der Waals surface area (Å²) >= 11 is 0. The highest BCUT2D eigenvalue weighted by atomic mass is 16.2. The maximum absolute atomic E-state index is 12.8. The van der Waals surface area contributed by atoms with Crippen LogP contribution in [0, 0.1) is 0 Å². The quantitative estimate of drug-likeness (QED) is 0.0672. The summed E-state index contributed by atoms with van der Waals surface area (Å²) in [6.07, 6.45) is 34.4. The molecule has 0 heterocycles. The van der Waals surface area contributed by atoms with Gasteiger partial charge < -0.3 is 15.5 Å². The van der Waals surface area contributed by atoms with Gasteiger partial charge in [0.15, 0.2) is 0 Å². The fraction of sp³-hybridized carbons (Fsp3) is 0.917. The van der Waals surface area contributed by atoms with Gasteiger partial charge in [0.25, 0.3) is 0 Å². The van der Waals surface area contributed by atoms with Crippen molar-refractivity contribution in [2.24, 2.45) is 0 Å². The van der Waals surface area contributed by atoms with Crippen molar-refractivity contribution in [1.82, 2.24) is 15.5 Å². The first-order valence-corrected chi connectivity index (χ1v) is 17.9. The standard InChI is InChI=1S/C34H69N3O.C2H6/c1-5-7-9-11-13-14-15-16-17-18-19-20-21-23-25-27-30-36-34(38)33(35-31-28-32-37(3)4)29-26-24-22-12-10-8-6-2;1-2/h16-17,33,35H,5-15,18-32H2,1-4H3,(H,36,38);1-2H3/b17-16-;. The van der Waals surface area contributed by atoms with E-state index >= 15 is 0 Å². The number of nitrogens with zero attached hydrogens (tertiary/aromatic N) is 1. The fourth-order valence-electron chi connectivity index (χ4n) is 5.01. The Kier molecular flexibility index (Phi) is 37.3. The van der Waals surface area contributed by atoms with Crippen LogP contribution >= 0.6 is 0 Å². The molecular weight excluding hydrogens is 490 g/mol. The molecule has 0 aliphatic rings. The van der Waals surface area contributed by atoms with Crippen LogP contribution < -0.4 is 10.6 Å². The molecule has 0 aliphatic carbocycles. The smallest absolute Gasteiger partial charge is 0.237 e. The Morgan fingerprint density at radius 1 is 0.600 bits per heavy atom. The van der Waals surface area contributed by atoms with E-state index in [2.05, 4.69) is 55.6 Å². The van der Waals surface area contributed by atoms with Gasteiger partial charge in [0.2, 0.25) is 5.91 Å². The molecule has 0 aromatic carbocycles. The lowest BCUT2D eigenvalue weighted by Gasteiger charge is -2.19. The third-order valence-corrected chi connectivity index (χ3v) is 7.57. The first kappa shape index (κ1) is 41.3. The zero-order chi connectivity index (χ0) is 29.9. The number of amides is 1. The second kappa shape index (κ2) is 36.2. The largest absolute Gasteiger partial charge is 0.355 e. The van der Waals surface area contributed by atoms with Crippen molar-refractivity contribution in [2.45, 2.75) is 181 Å². The summed E-state index contributed by atoms with van der Waals surface area (Å²) in [7, 11) is 4.22. The number of hydrogen-bond acceptors (Lipinski definition) is 3. The summed E-state index contributed by atoms with van der Waals surface area (Å²) in [4.78, 5) is 15.1. The topological polar surface area (TPSA) is 44.4 Å². The molecular formula is C36H75N3O. The molecule has 0 fully saturated rings. The highest BCUT2D eigenvalue weighted by Crippen LogP contribution is 2.11. The molecule has 1 amide bonds. The van der Waals surface area contributed by atoms with E-state index in [1.165, 1.54) is 122 Å². The average molecular weight is 566 g/mol. The molecule has 0 aromatic rings. The van der Waals surface area contributed by atoms with Gasteiger partial charge in [-0.05, 0) is 72.1 Å². The molecule has 0 aliphatic heterocycles. The Morgan fingerprint density at radius 3 is 1.55 bits per heavy atom. The molecule has 4 heteroatoms. The minimum atomic E-state index is -0.0260. The minimum absolute atomic E-state index is 0.0260. The monoisotopic (exact) mass is 566 g/mol. The highest BCUT2D eigenvalue weighted by Gasteiger charge is 2.16. The zero-order valence-electron chi connectivity index (χ0n) is 28.5. The lowest BCUT2D eigenvalue weighted by molar-refractivity contribution is -0.123. The molecule has 4 nitrogen and oxygen atoms in total. The molecule has 2 N–H and O–H groups in total. The number of unbranched alkanes of at least 4 members (excludes halogenated alkanes) is 18. The minimum Gasteiger partial charge on any atom is -0.355 e. The van der Waals surface area contributed by atoms with E-state index in [9.17, 15) is 4.79 Å².